The third-order valence-electron chi connectivity index (χ3n) is 3.59. The number of β-amino-alcohol motifs (C(OH)–C–C–N with tert-alkyl or cyclic N) is 1. The van der Waals surface area contributed by atoms with Gasteiger partial charge in [-0.25, -0.2) is 0 Å². The molecular weight excluding hydrogens is 192 g/mol. The number of carbonyl (C=O) groups excluding carboxylic acids is 1. The molecule has 0 saturated carbocycles. The van der Waals surface area contributed by atoms with Crippen molar-refractivity contribution in [1.82, 2.24) is 10.2 Å². The zero-order valence-corrected chi connectivity index (χ0v) is 9.33. The molecule has 2 heterocycles. The summed E-state index contributed by atoms with van der Waals surface area (Å²) in [4.78, 5) is 13.8. The number of hydrogen-bond acceptors (Lipinski definition) is 3. The Labute approximate surface area is 90.6 Å². The van der Waals surface area contributed by atoms with Gasteiger partial charge in [-0.3, -0.25) is 4.79 Å². The van der Waals surface area contributed by atoms with Crippen LogP contribution in [0.4, 0.5) is 0 Å². The number of piperidine rings is 1. The van der Waals surface area contributed by atoms with Gasteiger partial charge in [-0.1, -0.05) is 6.92 Å². The minimum Gasteiger partial charge on any atom is -0.386 e. The van der Waals surface area contributed by atoms with Gasteiger partial charge in [-0.2, -0.15) is 0 Å². The van der Waals surface area contributed by atoms with Gasteiger partial charge in [-0.05, 0) is 25.8 Å². The lowest BCUT2D eigenvalue weighted by molar-refractivity contribution is -0.160. The molecule has 2 aliphatic rings. The van der Waals surface area contributed by atoms with Crippen LogP contribution in [0.1, 0.15) is 26.2 Å². The van der Waals surface area contributed by atoms with Crippen LogP contribution >= 0.6 is 0 Å². The lowest BCUT2D eigenvalue weighted by atomic mass is 9.88. The van der Waals surface area contributed by atoms with E-state index in [1.165, 1.54) is 0 Å². The predicted octanol–water partition coefficient (Wildman–Crippen LogP) is -0.0307. The highest BCUT2D eigenvalue weighted by Crippen LogP contribution is 2.26. The third kappa shape index (κ3) is 2.16. The fraction of sp³-hybridized carbons (Fsp3) is 0.909. The van der Waals surface area contributed by atoms with Gasteiger partial charge in [-0.15, -0.1) is 0 Å². The van der Waals surface area contributed by atoms with Gasteiger partial charge in [0.05, 0.1) is 24.6 Å². The lowest BCUT2D eigenvalue weighted by Crippen LogP contribution is -2.64. The Bertz CT molecular complexity index is 243. The first-order valence-corrected chi connectivity index (χ1v) is 5.86. The fourth-order valence-electron chi connectivity index (χ4n) is 2.36. The first-order chi connectivity index (χ1) is 7.14. The van der Waals surface area contributed by atoms with Crippen molar-refractivity contribution in [3.05, 3.63) is 0 Å². The van der Waals surface area contributed by atoms with E-state index in [1.54, 1.807) is 4.90 Å². The van der Waals surface area contributed by atoms with E-state index >= 15 is 0 Å². The molecule has 2 rings (SSSR count). The van der Waals surface area contributed by atoms with Crippen molar-refractivity contribution in [2.75, 3.05) is 26.2 Å². The number of carbonyl (C=O) groups is 1. The highest BCUT2D eigenvalue weighted by molar-refractivity contribution is 5.80. The summed E-state index contributed by atoms with van der Waals surface area (Å²) in [6.45, 7) is 4.85. The minimum absolute atomic E-state index is 0.139. The van der Waals surface area contributed by atoms with Gasteiger partial charge in [0.25, 0.3) is 0 Å². The maximum Gasteiger partial charge on any atom is 0.227 e. The van der Waals surface area contributed by atoms with Crippen LogP contribution in [0.5, 0.6) is 0 Å². The molecule has 0 bridgehead atoms. The quantitative estimate of drug-likeness (QED) is 0.676. The van der Waals surface area contributed by atoms with Crippen LogP contribution in [-0.2, 0) is 4.79 Å². The molecule has 1 atom stereocenters. The molecule has 0 spiro atoms. The summed E-state index contributed by atoms with van der Waals surface area (Å²) in [7, 11) is 0. The van der Waals surface area contributed by atoms with E-state index in [0.29, 0.717) is 13.1 Å². The molecular formula is C11H20N2O2. The second kappa shape index (κ2) is 4.10. The molecule has 1 amide bonds. The molecule has 0 aliphatic carbocycles. The van der Waals surface area contributed by atoms with Gasteiger partial charge in [0.15, 0.2) is 0 Å². The minimum atomic E-state index is -0.599. The molecule has 0 unspecified atom stereocenters. The van der Waals surface area contributed by atoms with Gasteiger partial charge in [0.1, 0.15) is 0 Å². The highest BCUT2D eigenvalue weighted by atomic mass is 16.3. The molecule has 0 aromatic heterocycles. The van der Waals surface area contributed by atoms with Crippen molar-refractivity contribution < 1.29 is 9.90 Å². The van der Waals surface area contributed by atoms with E-state index in [0.717, 1.165) is 32.4 Å². The van der Waals surface area contributed by atoms with Gasteiger partial charge in [0.2, 0.25) is 5.91 Å². The van der Waals surface area contributed by atoms with Crippen LogP contribution in [0.15, 0.2) is 0 Å². The molecule has 86 valence electrons. The zero-order valence-electron chi connectivity index (χ0n) is 9.33. The van der Waals surface area contributed by atoms with Gasteiger partial charge >= 0.3 is 0 Å². The van der Waals surface area contributed by atoms with Crippen molar-refractivity contribution in [3.8, 4) is 0 Å². The molecule has 2 saturated heterocycles. The van der Waals surface area contributed by atoms with E-state index < -0.39 is 5.60 Å². The van der Waals surface area contributed by atoms with Crippen LogP contribution in [0.2, 0.25) is 0 Å². The monoisotopic (exact) mass is 212 g/mol. The Hall–Kier alpha value is -0.610. The SMILES string of the molecule is CCC1(O)CN(C(=O)[C@H]2CCCNC2)C1. The summed E-state index contributed by atoms with van der Waals surface area (Å²) in [5.41, 5.74) is -0.599. The number of likely N-dealkylation sites (tertiary alicyclic amines) is 1. The second-order valence-electron chi connectivity index (χ2n) is 4.82. The summed E-state index contributed by atoms with van der Waals surface area (Å²) in [6, 6.07) is 0. The number of aliphatic hydroxyl groups is 1. The first kappa shape index (κ1) is 10.9. The van der Waals surface area contributed by atoms with E-state index in [2.05, 4.69) is 5.32 Å². The van der Waals surface area contributed by atoms with Crippen molar-refractivity contribution in [1.29, 1.82) is 0 Å². The molecule has 4 heteroatoms. The van der Waals surface area contributed by atoms with E-state index in [1.807, 2.05) is 6.92 Å². The van der Waals surface area contributed by atoms with Crippen LogP contribution < -0.4 is 5.32 Å². The summed E-state index contributed by atoms with van der Waals surface area (Å²) < 4.78 is 0. The summed E-state index contributed by atoms with van der Waals surface area (Å²) in [5, 5.41) is 13.1. The molecule has 0 radical (unpaired) electrons. The third-order valence-corrected chi connectivity index (χ3v) is 3.59. The number of rotatable bonds is 2. The summed E-state index contributed by atoms with van der Waals surface area (Å²) in [5.74, 6) is 0.362. The Morgan fingerprint density at radius 2 is 2.33 bits per heavy atom. The smallest absolute Gasteiger partial charge is 0.227 e. The van der Waals surface area contributed by atoms with Crippen molar-refractivity contribution in [2.45, 2.75) is 31.8 Å². The topological polar surface area (TPSA) is 52.6 Å². The zero-order chi connectivity index (χ0) is 10.9. The normalized spacial score (nSPS) is 29.7. The molecule has 2 N–H and O–H groups in total. The molecule has 2 aliphatic heterocycles. The van der Waals surface area contributed by atoms with Crippen molar-refractivity contribution in [2.24, 2.45) is 5.92 Å². The Balaban J connectivity index is 1.83. The van der Waals surface area contributed by atoms with Crippen LogP contribution in [-0.4, -0.2) is 47.7 Å². The average molecular weight is 212 g/mol. The maximum atomic E-state index is 12.0. The fourth-order valence-corrected chi connectivity index (χ4v) is 2.36. The Morgan fingerprint density at radius 1 is 1.60 bits per heavy atom. The molecule has 15 heavy (non-hydrogen) atoms. The maximum absolute atomic E-state index is 12.0. The lowest BCUT2D eigenvalue weighted by Gasteiger charge is -2.47. The Morgan fingerprint density at radius 3 is 2.87 bits per heavy atom. The number of nitrogens with zero attached hydrogens (tertiary/aromatic N) is 1. The second-order valence-corrected chi connectivity index (χ2v) is 4.82. The van der Waals surface area contributed by atoms with Crippen LogP contribution in [0, 0.1) is 5.92 Å². The van der Waals surface area contributed by atoms with E-state index in [-0.39, 0.29) is 11.8 Å². The first-order valence-electron chi connectivity index (χ1n) is 5.86. The molecule has 0 aromatic carbocycles. The molecule has 2 fully saturated rings. The van der Waals surface area contributed by atoms with Gasteiger partial charge < -0.3 is 15.3 Å². The van der Waals surface area contributed by atoms with Crippen LogP contribution in [0.3, 0.4) is 0 Å². The van der Waals surface area contributed by atoms with E-state index in [4.69, 9.17) is 0 Å². The van der Waals surface area contributed by atoms with Crippen molar-refractivity contribution >= 4 is 5.91 Å². The van der Waals surface area contributed by atoms with E-state index in [9.17, 15) is 9.90 Å². The predicted molar refractivity (Wildman–Crippen MR) is 57.4 cm³/mol. The van der Waals surface area contributed by atoms with Gasteiger partial charge in [0, 0.05) is 6.54 Å². The standard InChI is InChI=1S/C11H20N2O2/c1-2-11(15)7-13(8-11)10(14)9-4-3-5-12-6-9/h9,12,15H,2-8H2,1H3/t9-/m0/s1. The number of amides is 1. The number of nitrogens with one attached hydrogen (secondary N) is 1. The van der Waals surface area contributed by atoms with Crippen LogP contribution in [0.25, 0.3) is 0 Å². The average Bonchev–Trinajstić information content (AvgIpc) is 2.25. The largest absolute Gasteiger partial charge is 0.386 e. The molecule has 0 aromatic rings. The Kier molecular flexibility index (Phi) is 2.98. The molecule has 4 nitrogen and oxygen atoms in total. The highest BCUT2D eigenvalue weighted by Gasteiger charge is 2.43. The summed E-state index contributed by atoms with van der Waals surface area (Å²) in [6.07, 6.45) is 2.81. The van der Waals surface area contributed by atoms with Crippen molar-refractivity contribution in [3.63, 3.8) is 0 Å². The number of hydrogen-bond donors (Lipinski definition) is 2. The summed E-state index contributed by atoms with van der Waals surface area (Å²) >= 11 is 0.